The summed E-state index contributed by atoms with van der Waals surface area (Å²) in [5.41, 5.74) is 2.12. The van der Waals surface area contributed by atoms with Crippen LogP contribution in [0.4, 0.5) is 0 Å². The molecule has 1 aromatic rings. The Morgan fingerprint density at radius 1 is 1.32 bits per heavy atom. The Labute approximate surface area is 117 Å². The minimum Gasteiger partial charge on any atom is -0.496 e. The fourth-order valence-electron chi connectivity index (χ4n) is 2.23. The number of likely N-dealkylation sites (N-methyl/N-ethyl adjacent to an activating group) is 1. The number of rotatable bonds is 5. The van der Waals surface area contributed by atoms with Crippen LogP contribution in [0.15, 0.2) is 18.2 Å². The predicted octanol–water partition coefficient (Wildman–Crippen LogP) is 3.02. The molecular weight excluding hydrogens is 238 g/mol. The largest absolute Gasteiger partial charge is 0.496 e. The molecule has 1 rings (SSSR count). The van der Waals surface area contributed by atoms with Gasteiger partial charge in [-0.25, -0.2) is 0 Å². The van der Waals surface area contributed by atoms with Crippen molar-refractivity contribution in [2.75, 3.05) is 14.2 Å². The maximum Gasteiger partial charge on any atom is 0.124 e. The average Bonchev–Trinajstić information content (AvgIpc) is 2.38. The first-order valence-corrected chi connectivity index (χ1v) is 6.88. The molecule has 1 aromatic carbocycles. The molecule has 108 valence electrons. The van der Waals surface area contributed by atoms with Gasteiger partial charge >= 0.3 is 0 Å². The molecular formula is C16H27NO2. The van der Waals surface area contributed by atoms with Crippen LogP contribution in [0.5, 0.6) is 5.75 Å². The number of hydrogen-bond acceptors (Lipinski definition) is 3. The van der Waals surface area contributed by atoms with Crippen LogP contribution < -0.4 is 10.1 Å². The normalized spacial score (nSPS) is 15.1. The summed E-state index contributed by atoms with van der Waals surface area (Å²) >= 11 is 0. The number of benzene rings is 1. The Hall–Kier alpha value is -1.06. The van der Waals surface area contributed by atoms with Crippen molar-refractivity contribution in [1.29, 1.82) is 0 Å². The second-order valence-electron chi connectivity index (χ2n) is 5.95. The summed E-state index contributed by atoms with van der Waals surface area (Å²) in [6.07, 6.45) is 0.299. The Kier molecular flexibility index (Phi) is 5.39. The second kappa shape index (κ2) is 6.40. The minimum absolute atomic E-state index is 0.0316. The number of hydrogen-bond donors (Lipinski definition) is 2. The van der Waals surface area contributed by atoms with Crippen LogP contribution in [0, 0.1) is 0 Å². The summed E-state index contributed by atoms with van der Waals surface area (Å²) in [5, 5.41) is 13.7. The van der Waals surface area contributed by atoms with Gasteiger partial charge in [-0.15, -0.1) is 0 Å². The highest BCUT2D eigenvalue weighted by Gasteiger charge is 2.23. The molecule has 2 atom stereocenters. The van der Waals surface area contributed by atoms with Crippen molar-refractivity contribution in [2.24, 2.45) is 0 Å². The van der Waals surface area contributed by atoms with Gasteiger partial charge in [0.15, 0.2) is 0 Å². The van der Waals surface area contributed by atoms with Crippen LogP contribution in [0.2, 0.25) is 0 Å². The highest BCUT2D eigenvalue weighted by molar-refractivity contribution is 5.41. The van der Waals surface area contributed by atoms with Crippen LogP contribution in [0.3, 0.4) is 0 Å². The molecule has 0 fully saturated rings. The fraction of sp³-hybridized carbons (Fsp3) is 0.625. The van der Waals surface area contributed by atoms with Gasteiger partial charge in [-0.2, -0.15) is 0 Å². The zero-order chi connectivity index (χ0) is 14.6. The molecule has 3 nitrogen and oxygen atoms in total. The first kappa shape index (κ1) is 16.0. The van der Waals surface area contributed by atoms with Gasteiger partial charge in [0.2, 0.25) is 0 Å². The molecule has 0 heterocycles. The zero-order valence-electron chi connectivity index (χ0n) is 12.9. The van der Waals surface area contributed by atoms with Gasteiger partial charge < -0.3 is 15.2 Å². The number of aliphatic hydroxyl groups excluding tert-OH is 1. The molecule has 0 saturated heterocycles. The van der Waals surface area contributed by atoms with E-state index in [2.05, 4.69) is 45.1 Å². The number of ether oxygens (including phenoxy) is 1. The lowest BCUT2D eigenvalue weighted by Crippen LogP contribution is -2.31. The molecule has 0 spiro atoms. The molecule has 19 heavy (non-hydrogen) atoms. The smallest absolute Gasteiger partial charge is 0.124 e. The van der Waals surface area contributed by atoms with E-state index in [1.54, 1.807) is 7.11 Å². The van der Waals surface area contributed by atoms with Gasteiger partial charge in [-0.05, 0) is 36.6 Å². The van der Waals surface area contributed by atoms with E-state index in [0.29, 0.717) is 0 Å². The molecule has 0 aromatic heterocycles. The van der Waals surface area contributed by atoms with Crippen LogP contribution in [0.25, 0.3) is 0 Å². The predicted molar refractivity (Wildman–Crippen MR) is 79.8 cm³/mol. The Bertz CT molecular complexity index is 406. The van der Waals surface area contributed by atoms with Crippen molar-refractivity contribution in [3.05, 3.63) is 29.3 Å². The molecule has 0 aliphatic rings. The van der Waals surface area contributed by atoms with E-state index in [0.717, 1.165) is 17.7 Å². The molecule has 0 radical (unpaired) electrons. The SMILES string of the molecule is CCC(NC)C(O)c1cc(C(C)(C)C)ccc1OC. The van der Waals surface area contributed by atoms with E-state index < -0.39 is 6.10 Å². The molecule has 2 N–H and O–H groups in total. The van der Waals surface area contributed by atoms with Crippen LogP contribution in [-0.2, 0) is 5.41 Å². The van der Waals surface area contributed by atoms with E-state index in [-0.39, 0.29) is 11.5 Å². The zero-order valence-corrected chi connectivity index (χ0v) is 12.9. The van der Waals surface area contributed by atoms with E-state index in [1.807, 2.05) is 13.1 Å². The summed E-state index contributed by atoms with van der Waals surface area (Å²) in [6, 6.07) is 6.10. The average molecular weight is 265 g/mol. The topological polar surface area (TPSA) is 41.5 Å². The molecule has 3 heteroatoms. The quantitative estimate of drug-likeness (QED) is 0.860. The molecule has 0 bridgehead atoms. The Morgan fingerprint density at radius 2 is 1.95 bits per heavy atom. The summed E-state index contributed by atoms with van der Waals surface area (Å²) in [4.78, 5) is 0. The van der Waals surface area contributed by atoms with Gasteiger partial charge in [0.1, 0.15) is 5.75 Å². The fourth-order valence-corrected chi connectivity index (χ4v) is 2.23. The van der Waals surface area contributed by atoms with Crippen molar-refractivity contribution >= 4 is 0 Å². The third kappa shape index (κ3) is 3.71. The minimum atomic E-state index is -0.563. The van der Waals surface area contributed by atoms with Crippen molar-refractivity contribution < 1.29 is 9.84 Å². The third-order valence-corrected chi connectivity index (χ3v) is 3.61. The van der Waals surface area contributed by atoms with Gasteiger partial charge in [-0.3, -0.25) is 0 Å². The Balaban J connectivity index is 3.22. The molecule has 0 aliphatic heterocycles. The number of nitrogens with one attached hydrogen (secondary N) is 1. The lowest BCUT2D eigenvalue weighted by Gasteiger charge is -2.26. The summed E-state index contributed by atoms with van der Waals surface area (Å²) in [6.45, 7) is 8.56. The first-order valence-electron chi connectivity index (χ1n) is 6.88. The summed E-state index contributed by atoms with van der Waals surface area (Å²) < 4.78 is 5.39. The molecule has 2 unspecified atom stereocenters. The molecule has 0 amide bonds. The van der Waals surface area contributed by atoms with Gasteiger partial charge in [-0.1, -0.05) is 33.8 Å². The standard InChI is InChI=1S/C16H27NO2/c1-7-13(17-5)15(18)12-10-11(16(2,3)4)8-9-14(12)19-6/h8-10,13,15,17-18H,7H2,1-6H3. The maximum absolute atomic E-state index is 10.5. The van der Waals surface area contributed by atoms with Crippen LogP contribution in [0.1, 0.15) is 51.3 Å². The van der Waals surface area contributed by atoms with Crippen LogP contribution in [-0.4, -0.2) is 25.3 Å². The van der Waals surface area contributed by atoms with E-state index in [9.17, 15) is 5.11 Å². The maximum atomic E-state index is 10.5. The third-order valence-electron chi connectivity index (χ3n) is 3.61. The lowest BCUT2D eigenvalue weighted by molar-refractivity contribution is 0.127. The van der Waals surface area contributed by atoms with Crippen molar-refractivity contribution in [3.8, 4) is 5.75 Å². The van der Waals surface area contributed by atoms with Crippen molar-refractivity contribution in [2.45, 2.75) is 51.7 Å². The van der Waals surface area contributed by atoms with Crippen molar-refractivity contribution in [3.63, 3.8) is 0 Å². The van der Waals surface area contributed by atoms with Gasteiger partial charge in [0.05, 0.1) is 13.2 Å². The van der Waals surface area contributed by atoms with Gasteiger partial charge in [0, 0.05) is 11.6 Å². The van der Waals surface area contributed by atoms with E-state index in [4.69, 9.17) is 4.74 Å². The monoisotopic (exact) mass is 265 g/mol. The van der Waals surface area contributed by atoms with Crippen LogP contribution >= 0.6 is 0 Å². The van der Waals surface area contributed by atoms with Crippen molar-refractivity contribution in [1.82, 2.24) is 5.32 Å². The summed E-state index contributed by atoms with van der Waals surface area (Å²) in [7, 11) is 3.51. The van der Waals surface area contributed by atoms with E-state index >= 15 is 0 Å². The number of methoxy groups -OCH3 is 1. The Morgan fingerprint density at radius 3 is 2.37 bits per heavy atom. The second-order valence-corrected chi connectivity index (χ2v) is 5.95. The van der Waals surface area contributed by atoms with E-state index in [1.165, 1.54) is 5.56 Å². The first-order chi connectivity index (χ1) is 8.85. The molecule has 0 saturated carbocycles. The lowest BCUT2D eigenvalue weighted by atomic mass is 9.84. The molecule has 0 aliphatic carbocycles. The highest BCUT2D eigenvalue weighted by Crippen LogP contribution is 2.33. The summed E-state index contributed by atoms with van der Waals surface area (Å²) in [5.74, 6) is 0.745. The number of aliphatic hydroxyl groups is 1. The van der Waals surface area contributed by atoms with Gasteiger partial charge in [0.25, 0.3) is 0 Å². The highest BCUT2D eigenvalue weighted by atomic mass is 16.5.